The smallest absolute Gasteiger partial charge is 0.395 e. The lowest BCUT2D eigenvalue weighted by atomic mass is 10.0. The Hall–Kier alpha value is -2.38. The number of rotatable bonds is 5. The summed E-state index contributed by atoms with van der Waals surface area (Å²) in [7, 11) is -7.14. The Morgan fingerprint density at radius 2 is 1.62 bits per heavy atom. The molecule has 4 rings (SSSR count). The predicted octanol–water partition coefficient (Wildman–Crippen LogP) is 5.48. The summed E-state index contributed by atoms with van der Waals surface area (Å²) in [6, 6.07) is 19.1. The van der Waals surface area contributed by atoms with Gasteiger partial charge in [-0.05, 0) is 35.9 Å². The lowest BCUT2D eigenvalue weighted by Crippen LogP contribution is -2.26. The van der Waals surface area contributed by atoms with Gasteiger partial charge in [-0.25, -0.2) is 4.57 Å². The van der Waals surface area contributed by atoms with Crippen LogP contribution >= 0.6 is 23.4 Å². The standard InChI is InChI=1S/C20H17O6P3/c1-28(2,22)25-14-11-12-18(24-27-21)20(13-14)29(23)19-10-6-4-8-16(19)15-7-3-5-9-17(15)26-29/h3-13H,1-2H3. The Kier molecular flexibility index (Phi) is 5.12. The summed E-state index contributed by atoms with van der Waals surface area (Å²) in [6.07, 6.45) is 0. The average Bonchev–Trinajstić information content (AvgIpc) is 2.68. The fourth-order valence-electron chi connectivity index (χ4n) is 3.25. The molecule has 6 nitrogen and oxygen atoms in total. The van der Waals surface area contributed by atoms with Crippen LogP contribution in [0, 0.1) is 0 Å². The van der Waals surface area contributed by atoms with E-state index in [1.54, 1.807) is 24.3 Å². The van der Waals surface area contributed by atoms with E-state index < -0.39 is 23.4 Å². The Balaban J connectivity index is 1.96. The van der Waals surface area contributed by atoms with Crippen LogP contribution < -0.4 is 24.2 Å². The van der Waals surface area contributed by atoms with E-state index in [4.69, 9.17) is 13.6 Å². The first-order chi connectivity index (χ1) is 13.8. The van der Waals surface area contributed by atoms with Gasteiger partial charge in [0.1, 0.15) is 17.2 Å². The SMILES string of the molecule is CP(C)(=O)Oc1ccc(OP=O)c(P2(=O)Oc3ccccc3-c3ccccc32)c1. The molecule has 0 N–H and O–H groups in total. The molecule has 3 aromatic carbocycles. The van der Waals surface area contributed by atoms with E-state index in [0.29, 0.717) is 11.1 Å². The van der Waals surface area contributed by atoms with Crippen LogP contribution in [-0.4, -0.2) is 13.3 Å². The first kappa shape index (κ1) is 19.9. The summed E-state index contributed by atoms with van der Waals surface area (Å²) < 4.78 is 54.3. The molecule has 0 saturated carbocycles. The molecule has 0 spiro atoms. The molecule has 1 aliphatic heterocycles. The number of fused-ring (bicyclic) bond motifs is 3. The van der Waals surface area contributed by atoms with Gasteiger partial charge in [-0.15, -0.1) is 0 Å². The van der Waals surface area contributed by atoms with Crippen molar-refractivity contribution in [2.75, 3.05) is 13.3 Å². The van der Waals surface area contributed by atoms with Gasteiger partial charge in [0.15, 0.2) is 0 Å². The van der Waals surface area contributed by atoms with Crippen molar-refractivity contribution in [3.8, 4) is 28.4 Å². The normalized spacial score (nSPS) is 17.7. The second-order valence-electron chi connectivity index (χ2n) is 6.79. The van der Waals surface area contributed by atoms with Gasteiger partial charge >= 0.3 is 16.1 Å². The highest BCUT2D eigenvalue weighted by Gasteiger charge is 2.40. The van der Waals surface area contributed by atoms with Crippen LogP contribution in [0.25, 0.3) is 11.1 Å². The number of hydrogen-bond donors (Lipinski definition) is 0. The third-order valence-electron chi connectivity index (χ3n) is 4.33. The van der Waals surface area contributed by atoms with Gasteiger partial charge in [-0.2, -0.15) is 0 Å². The van der Waals surface area contributed by atoms with Crippen LogP contribution in [-0.2, 0) is 13.7 Å². The highest BCUT2D eigenvalue weighted by molar-refractivity contribution is 7.75. The summed E-state index contributed by atoms with van der Waals surface area (Å²) in [5.41, 5.74) is 1.62. The predicted molar refractivity (Wildman–Crippen MR) is 114 cm³/mol. The van der Waals surface area contributed by atoms with Crippen molar-refractivity contribution in [3.05, 3.63) is 66.7 Å². The molecule has 0 radical (unpaired) electrons. The Bertz CT molecular complexity index is 1200. The zero-order valence-electron chi connectivity index (χ0n) is 15.6. The summed E-state index contributed by atoms with van der Waals surface area (Å²) >= 11 is 0. The van der Waals surface area contributed by atoms with E-state index in [1.807, 2.05) is 24.3 Å². The van der Waals surface area contributed by atoms with Crippen LogP contribution in [0.1, 0.15) is 0 Å². The van der Waals surface area contributed by atoms with Crippen molar-refractivity contribution in [1.82, 2.24) is 0 Å². The maximum Gasteiger partial charge on any atom is 0.395 e. The lowest BCUT2D eigenvalue weighted by molar-refractivity contribution is 0.489. The molecule has 0 aliphatic carbocycles. The molecule has 0 aromatic heterocycles. The van der Waals surface area contributed by atoms with E-state index in [9.17, 15) is 13.7 Å². The Labute approximate surface area is 170 Å². The van der Waals surface area contributed by atoms with Gasteiger partial charge < -0.3 is 13.6 Å². The third kappa shape index (κ3) is 3.76. The van der Waals surface area contributed by atoms with Crippen molar-refractivity contribution in [2.45, 2.75) is 0 Å². The van der Waals surface area contributed by atoms with Crippen LogP contribution in [0.2, 0.25) is 0 Å². The highest BCUT2D eigenvalue weighted by atomic mass is 31.2. The van der Waals surface area contributed by atoms with E-state index >= 15 is 0 Å². The van der Waals surface area contributed by atoms with Gasteiger partial charge in [0, 0.05) is 18.9 Å². The second-order valence-corrected chi connectivity index (χ2v) is 12.1. The number of benzene rings is 3. The van der Waals surface area contributed by atoms with Gasteiger partial charge in [0.25, 0.3) is 0 Å². The lowest BCUT2D eigenvalue weighted by Gasteiger charge is -2.29. The van der Waals surface area contributed by atoms with Crippen LogP contribution in [0.5, 0.6) is 17.2 Å². The first-order valence-electron chi connectivity index (χ1n) is 8.69. The molecule has 1 atom stereocenters. The molecule has 0 bridgehead atoms. The van der Waals surface area contributed by atoms with E-state index in [0.717, 1.165) is 11.1 Å². The van der Waals surface area contributed by atoms with Crippen LogP contribution in [0.4, 0.5) is 0 Å². The fourth-order valence-corrected chi connectivity index (χ4v) is 6.58. The van der Waals surface area contributed by atoms with Gasteiger partial charge in [0.2, 0.25) is 7.37 Å². The quantitative estimate of drug-likeness (QED) is 0.483. The molecule has 0 fully saturated rings. The monoisotopic (exact) mass is 446 g/mol. The van der Waals surface area contributed by atoms with E-state index in [-0.39, 0.29) is 16.8 Å². The number of para-hydroxylation sites is 1. The van der Waals surface area contributed by atoms with Gasteiger partial charge in [-0.3, -0.25) is 9.13 Å². The molecule has 1 heterocycles. The molecule has 1 unspecified atom stereocenters. The van der Waals surface area contributed by atoms with Crippen molar-refractivity contribution >= 4 is 34.0 Å². The van der Waals surface area contributed by atoms with Crippen LogP contribution in [0.15, 0.2) is 66.7 Å². The van der Waals surface area contributed by atoms with E-state index in [2.05, 4.69) is 0 Å². The van der Waals surface area contributed by atoms with Crippen molar-refractivity contribution in [3.63, 3.8) is 0 Å². The fraction of sp³-hybridized carbons (Fsp3) is 0.100. The minimum absolute atomic E-state index is 0.133. The summed E-state index contributed by atoms with van der Waals surface area (Å²) in [5, 5.41) is 0.688. The van der Waals surface area contributed by atoms with Crippen molar-refractivity contribution in [2.24, 2.45) is 0 Å². The van der Waals surface area contributed by atoms with Crippen molar-refractivity contribution in [1.29, 1.82) is 0 Å². The summed E-state index contributed by atoms with van der Waals surface area (Å²) in [6.45, 7) is 2.97. The maximum absolute atomic E-state index is 14.3. The molecule has 148 valence electrons. The average molecular weight is 446 g/mol. The third-order valence-corrected chi connectivity index (χ3v) is 7.72. The molecule has 9 heteroatoms. The van der Waals surface area contributed by atoms with Crippen molar-refractivity contribution < 1.29 is 27.3 Å². The zero-order chi connectivity index (χ0) is 20.6. The highest BCUT2D eigenvalue weighted by Crippen LogP contribution is 2.56. The second kappa shape index (κ2) is 7.46. The van der Waals surface area contributed by atoms with Crippen LogP contribution in [0.3, 0.4) is 0 Å². The Morgan fingerprint density at radius 1 is 0.931 bits per heavy atom. The molecule has 3 aromatic rings. The molecule has 29 heavy (non-hydrogen) atoms. The van der Waals surface area contributed by atoms with E-state index in [1.165, 1.54) is 31.5 Å². The zero-order valence-corrected chi connectivity index (χ0v) is 18.3. The summed E-state index contributed by atoms with van der Waals surface area (Å²) in [5.74, 6) is 0.870. The largest absolute Gasteiger partial charge is 0.443 e. The minimum atomic E-state index is -3.69. The van der Waals surface area contributed by atoms with Gasteiger partial charge in [-0.1, -0.05) is 36.4 Å². The molecule has 0 saturated heterocycles. The molecule has 0 amide bonds. The maximum atomic E-state index is 14.3. The number of hydrogen-bond acceptors (Lipinski definition) is 6. The van der Waals surface area contributed by atoms with Gasteiger partial charge in [0.05, 0.1) is 10.6 Å². The minimum Gasteiger partial charge on any atom is -0.443 e. The topological polar surface area (TPSA) is 78.9 Å². The Morgan fingerprint density at radius 3 is 2.34 bits per heavy atom. The molecular formula is C20H17O6P3. The first-order valence-corrected chi connectivity index (χ1v) is 13.6. The molecule has 1 aliphatic rings. The molecular weight excluding hydrogens is 429 g/mol. The summed E-state index contributed by atoms with van der Waals surface area (Å²) in [4.78, 5) is 0.